The Labute approximate surface area is 145 Å². The summed E-state index contributed by atoms with van der Waals surface area (Å²) in [4.78, 5) is 16.8. The maximum atomic E-state index is 12.1. The molecule has 0 atom stereocenters. The molecular weight excluding hydrogens is 302 g/mol. The van der Waals surface area contributed by atoms with Crippen molar-refractivity contribution in [2.45, 2.75) is 25.7 Å². The minimum Gasteiger partial charge on any atom is -0.379 e. The van der Waals surface area contributed by atoms with Gasteiger partial charge in [-0.05, 0) is 37.0 Å². The summed E-state index contributed by atoms with van der Waals surface area (Å²) in [5.74, 6) is 0.106. The van der Waals surface area contributed by atoms with Crippen LogP contribution in [0, 0.1) is 0 Å². The molecule has 0 bridgehead atoms. The number of nitrogens with one attached hydrogen (secondary N) is 1. The first-order valence-corrected chi connectivity index (χ1v) is 9.22. The molecule has 3 rings (SSSR count). The van der Waals surface area contributed by atoms with Crippen LogP contribution in [-0.2, 0) is 16.0 Å². The van der Waals surface area contributed by atoms with Crippen molar-refractivity contribution in [3.63, 3.8) is 0 Å². The lowest BCUT2D eigenvalue weighted by Gasteiger charge is -2.28. The third-order valence-electron chi connectivity index (χ3n) is 4.88. The number of ether oxygens (including phenoxy) is 1. The van der Waals surface area contributed by atoms with Gasteiger partial charge in [0.2, 0.25) is 5.91 Å². The molecule has 2 saturated heterocycles. The fourth-order valence-electron chi connectivity index (χ4n) is 3.40. The van der Waals surface area contributed by atoms with Gasteiger partial charge in [-0.2, -0.15) is 0 Å². The predicted octanol–water partition coefficient (Wildman–Crippen LogP) is 1.67. The third kappa shape index (κ3) is 5.21. The summed E-state index contributed by atoms with van der Waals surface area (Å²) in [7, 11) is 0. The molecule has 1 N–H and O–H groups in total. The summed E-state index contributed by atoms with van der Waals surface area (Å²) in [6.07, 6.45) is 4.38. The van der Waals surface area contributed by atoms with Crippen LogP contribution in [0.25, 0.3) is 0 Å². The lowest BCUT2D eigenvalue weighted by Crippen LogP contribution is -2.41. The van der Waals surface area contributed by atoms with E-state index in [1.165, 1.54) is 24.9 Å². The van der Waals surface area contributed by atoms with Crippen molar-refractivity contribution in [2.24, 2.45) is 0 Å². The van der Waals surface area contributed by atoms with E-state index in [1.807, 2.05) is 0 Å². The molecule has 2 heterocycles. The van der Waals surface area contributed by atoms with Crippen LogP contribution in [0.3, 0.4) is 0 Å². The molecule has 1 aromatic rings. The largest absolute Gasteiger partial charge is 0.379 e. The number of hydrogen-bond acceptors (Lipinski definition) is 4. The molecular formula is C19H29N3O2. The van der Waals surface area contributed by atoms with Gasteiger partial charge in [-0.3, -0.25) is 9.69 Å². The molecule has 132 valence electrons. The van der Waals surface area contributed by atoms with E-state index in [0.29, 0.717) is 13.0 Å². The van der Waals surface area contributed by atoms with Gasteiger partial charge in [-0.15, -0.1) is 0 Å². The van der Waals surface area contributed by atoms with E-state index in [2.05, 4.69) is 39.4 Å². The van der Waals surface area contributed by atoms with Gasteiger partial charge < -0.3 is 15.0 Å². The van der Waals surface area contributed by atoms with Crippen molar-refractivity contribution in [3.05, 3.63) is 29.8 Å². The van der Waals surface area contributed by atoms with Gasteiger partial charge in [-0.1, -0.05) is 12.1 Å². The molecule has 0 unspecified atom stereocenters. The molecule has 1 aromatic carbocycles. The predicted molar refractivity (Wildman–Crippen MR) is 96.5 cm³/mol. The first-order valence-electron chi connectivity index (χ1n) is 9.22. The molecule has 2 aliphatic heterocycles. The molecule has 0 saturated carbocycles. The van der Waals surface area contributed by atoms with E-state index in [4.69, 9.17) is 4.74 Å². The quantitative estimate of drug-likeness (QED) is 0.861. The highest BCUT2D eigenvalue weighted by atomic mass is 16.5. The summed E-state index contributed by atoms with van der Waals surface area (Å²) in [6, 6.07) is 8.49. The van der Waals surface area contributed by atoms with E-state index < -0.39 is 0 Å². The van der Waals surface area contributed by atoms with Crippen molar-refractivity contribution in [1.29, 1.82) is 0 Å². The molecule has 24 heavy (non-hydrogen) atoms. The smallest absolute Gasteiger partial charge is 0.224 e. The molecule has 0 radical (unpaired) electrons. The highest BCUT2D eigenvalue weighted by Gasteiger charge is 2.12. The topological polar surface area (TPSA) is 44.8 Å². The van der Waals surface area contributed by atoms with Crippen LogP contribution in [0.1, 0.15) is 24.8 Å². The summed E-state index contributed by atoms with van der Waals surface area (Å²) in [5.41, 5.74) is 2.37. The van der Waals surface area contributed by atoms with Crippen LogP contribution in [-0.4, -0.2) is 63.3 Å². The summed E-state index contributed by atoms with van der Waals surface area (Å²) in [5, 5.41) is 3.02. The summed E-state index contributed by atoms with van der Waals surface area (Å²) < 4.78 is 5.33. The third-order valence-corrected chi connectivity index (χ3v) is 4.88. The fourth-order valence-corrected chi connectivity index (χ4v) is 3.40. The Balaban J connectivity index is 1.39. The highest BCUT2D eigenvalue weighted by Crippen LogP contribution is 2.20. The molecule has 1 amide bonds. The van der Waals surface area contributed by atoms with Gasteiger partial charge in [0.15, 0.2) is 0 Å². The Bertz CT molecular complexity index is 506. The first kappa shape index (κ1) is 17.2. The number of rotatable bonds is 6. The number of benzene rings is 1. The van der Waals surface area contributed by atoms with Crippen molar-refractivity contribution in [1.82, 2.24) is 10.2 Å². The Hall–Kier alpha value is -1.59. The molecule has 0 aliphatic carbocycles. The van der Waals surface area contributed by atoms with Crippen LogP contribution in [0.5, 0.6) is 0 Å². The number of anilines is 1. The monoisotopic (exact) mass is 331 g/mol. The Morgan fingerprint density at radius 1 is 1.00 bits per heavy atom. The van der Waals surface area contributed by atoms with Crippen molar-refractivity contribution >= 4 is 11.6 Å². The molecule has 5 nitrogen and oxygen atoms in total. The molecule has 0 aromatic heterocycles. The van der Waals surface area contributed by atoms with Crippen LogP contribution >= 0.6 is 0 Å². The van der Waals surface area contributed by atoms with Gasteiger partial charge in [0, 0.05) is 45.0 Å². The Morgan fingerprint density at radius 3 is 2.42 bits per heavy atom. The molecule has 2 fully saturated rings. The first-order chi connectivity index (χ1) is 11.8. The van der Waals surface area contributed by atoms with Crippen molar-refractivity contribution in [2.75, 3.05) is 57.4 Å². The van der Waals surface area contributed by atoms with Crippen molar-refractivity contribution in [3.8, 4) is 0 Å². The number of hydrogen-bond donors (Lipinski definition) is 1. The zero-order valence-electron chi connectivity index (χ0n) is 14.5. The summed E-state index contributed by atoms with van der Waals surface area (Å²) in [6.45, 7) is 7.47. The van der Waals surface area contributed by atoms with E-state index in [1.54, 1.807) is 0 Å². The van der Waals surface area contributed by atoms with Gasteiger partial charge in [0.05, 0.1) is 19.6 Å². The second kappa shape index (κ2) is 9.04. The second-order valence-electron chi connectivity index (χ2n) is 6.69. The number of morpholine rings is 1. The van der Waals surface area contributed by atoms with E-state index in [0.717, 1.165) is 51.5 Å². The second-order valence-corrected chi connectivity index (χ2v) is 6.69. The SMILES string of the molecule is O=C(Cc1ccc(N2CCCCC2)cc1)NCCN1CCOCC1. The minimum absolute atomic E-state index is 0.106. The van der Waals surface area contributed by atoms with Crippen LogP contribution in [0.2, 0.25) is 0 Å². The minimum atomic E-state index is 0.106. The number of piperidine rings is 1. The lowest BCUT2D eigenvalue weighted by molar-refractivity contribution is -0.120. The van der Waals surface area contributed by atoms with Crippen LogP contribution in [0.4, 0.5) is 5.69 Å². The van der Waals surface area contributed by atoms with Crippen molar-refractivity contribution < 1.29 is 9.53 Å². The number of amides is 1. The molecule has 2 aliphatic rings. The van der Waals surface area contributed by atoms with Gasteiger partial charge in [0.25, 0.3) is 0 Å². The average Bonchev–Trinajstić information content (AvgIpc) is 2.64. The number of nitrogens with zero attached hydrogens (tertiary/aromatic N) is 2. The zero-order valence-corrected chi connectivity index (χ0v) is 14.5. The Morgan fingerprint density at radius 2 is 1.71 bits per heavy atom. The number of carbonyl (C=O) groups is 1. The van der Waals surface area contributed by atoms with Crippen LogP contribution in [0.15, 0.2) is 24.3 Å². The van der Waals surface area contributed by atoms with Gasteiger partial charge in [-0.25, -0.2) is 0 Å². The molecule has 5 heteroatoms. The van der Waals surface area contributed by atoms with Gasteiger partial charge >= 0.3 is 0 Å². The number of carbonyl (C=O) groups excluding carboxylic acids is 1. The summed E-state index contributed by atoms with van der Waals surface area (Å²) >= 11 is 0. The highest BCUT2D eigenvalue weighted by molar-refractivity contribution is 5.78. The Kier molecular flexibility index (Phi) is 6.49. The van der Waals surface area contributed by atoms with E-state index >= 15 is 0 Å². The normalized spacial score (nSPS) is 19.2. The average molecular weight is 331 g/mol. The fraction of sp³-hybridized carbons (Fsp3) is 0.632. The van der Waals surface area contributed by atoms with Gasteiger partial charge in [0.1, 0.15) is 0 Å². The standard InChI is InChI=1S/C19H29N3O2/c23-19(20-8-11-21-12-14-24-15-13-21)16-17-4-6-18(7-5-17)22-9-2-1-3-10-22/h4-7H,1-3,8-16H2,(H,20,23). The van der Waals surface area contributed by atoms with Crippen LogP contribution < -0.4 is 10.2 Å². The maximum absolute atomic E-state index is 12.1. The maximum Gasteiger partial charge on any atom is 0.224 e. The zero-order chi connectivity index (χ0) is 16.6. The lowest BCUT2D eigenvalue weighted by atomic mass is 10.1. The molecule has 0 spiro atoms. The van der Waals surface area contributed by atoms with E-state index in [9.17, 15) is 4.79 Å². The van der Waals surface area contributed by atoms with E-state index in [-0.39, 0.29) is 5.91 Å².